The van der Waals surface area contributed by atoms with Gasteiger partial charge < -0.3 is 34.2 Å². The van der Waals surface area contributed by atoms with E-state index in [1.54, 1.807) is 6.08 Å². The zero-order chi connectivity index (χ0) is 43.1. The maximum absolute atomic E-state index is 12.8. The number of carbonyl (C=O) groups excluding carboxylic acids is 2. The summed E-state index contributed by atoms with van der Waals surface area (Å²) in [7, 11) is 1.33. The van der Waals surface area contributed by atoms with E-state index in [1.807, 2.05) is 39.4 Å². The largest absolute Gasteiger partial charge is 0.472 e. The van der Waals surface area contributed by atoms with Gasteiger partial charge in [0.25, 0.3) is 0 Å². The standard InChI is InChI=1S/C45H84NO11P/c1-6-8-10-11-12-13-14-15-16-17-18-19-20-25-29-44(50)54-36-39(37-56-58(52,53)55-34-33-46(3,4)5)57-45(51)30-26-22-21-24-28-40-41(43(49)35-42(40)48)32-31-38(47)27-23-9-7-2/h21,24,31-32,38-43,47-49H,6-20,22-23,25-30,33-37H2,1-5H3/p+1/b24-21+,32-31+/t38-,39+,40+,41+,42-,43+/m0/s1. The topological polar surface area (TPSA) is 169 Å². The molecule has 1 unspecified atom stereocenters. The highest BCUT2D eigenvalue weighted by atomic mass is 31.2. The molecule has 0 saturated heterocycles. The number of hydrogen-bond donors (Lipinski definition) is 4. The van der Waals surface area contributed by atoms with Gasteiger partial charge in [0.15, 0.2) is 6.10 Å². The van der Waals surface area contributed by atoms with Crippen LogP contribution in [0.25, 0.3) is 0 Å². The number of unbranched alkanes of at least 4 members (excludes halogenated alkanes) is 16. The van der Waals surface area contributed by atoms with E-state index in [4.69, 9.17) is 18.5 Å². The highest BCUT2D eigenvalue weighted by molar-refractivity contribution is 7.47. The Balaban J connectivity index is 2.51. The molecule has 13 heteroatoms. The minimum absolute atomic E-state index is 0.0106. The number of phosphoric ester groups is 1. The molecule has 7 atom stereocenters. The number of rotatable bonds is 37. The van der Waals surface area contributed by atoms with Crippen molar-refractivity contribution in [2.45, 2.75) is 192 Å². The quantitative estimate of drug-likeness (QED) is 0.0155. The van der Waals surface area contributed by atoms with Gasteiger partial charge in [-0.05, 0) is 38.0 Å². The van der Waals surface area contributed by atoms with Crippen LogP contribution in [0.5, 0.6) is 0 Å². The number of hydrogen-bond acceptors (Lipinski definition) is 10. The fourth-order valence-electron chi connectivity index (χ4n) is 7.13. The van der Waals surface area contributed by atoms with E-state index in [2.05, 4.69) is 13.8 Å². The molecule has 12 nitrogen and oxygen atoms in total. The van der Waals surface area contributed by atoms with Gasteiger partial charge in [0.1, 0.15) is 19.8 Å². The number of aliphatic hydroxyl groups is 3. The highest BCUT2D eigenvalue weighted by Gasteiger charge is 2.39. The summed E-state index contributed by atoms with van der Waals surface area (Å²) in [6.45, 7) is 4.04. The van der Waals surface area contributed by atoms with Crippen molar-refractivity contribution >= 4 is 19.8 Å². The summed E-state index contributed by atoms with van der Waals surface area (Å²) in [5.41, 5.74) is 0. The van der Waals surface area contributed by atoms with Gasteiger partial charge in [-0.1, -0.05) is 141 Å². The van der Waals surface area contributed by atoms with E-state index in [0.29, 0.717) is 49.6 Å². The molecule has 0 spiro atoms. The summed E-state index contributed by atoms with van der Waals surface area (Å²) in [5, 5.41) is 31.4. The van der Waals surface area contributed by atoms with Crippen molar-refractivity contribution in [2.75, 3.05) is 47.5 Å². The van der Waals surface area contributed by atoms with E-state index in [0.717, 1.165) is 38.5 Å². The average Bonchev–Trinajstić information content (AvgIpc) is 3.43. The molecule has 0 aromatic carbocycles. The first-order valence-corrected chi connectivity index (χ1v) is 24.3. The van der Waals surface area contributed by atoms with Crippen molar-refractivity contribution in [3.05, 3.63) is 24.3 Å². The van der Waals surface area contributed by atoms with Crippen molar-refractivity contribution in [1.82, 2.24) is 0 Å². The Hall–Kier alpha value is -1.63. The third kappa shape index (κ3) is 29.6. The first kappa shape index (κ1) is 54.4. The van der Waals surface area contributed by atoms with E-state index in [1.165, 1.54) is 64.2 Å². The van der Waals surface area contributed by atoms with Crippen LogP contribution in [-0.2, 0) is 32.7 Å². The van der Waals surface area contributed by atoms with Gasteiger partial charge >= 0.3 is 19.8 Å². The second-order valence-corrected chi connectivity index (χ2v) is 18.9. The Morgan fingerprint density at radius 1 is 0.741 bits per heavy atom. The van der Waals surface area contributed by atoms with Crippen LogP contribution in [0.4, 0.5) is 0 Å². The zero-order valence-corrected chi connectivity index (χ0v) is 38.0. The van der Waals surface area contributed by atoms with Crippen molar-refractivity contribution in [2.24, 2.45) is 11.8 Å². The van der Waals surface area contributed by atoms with E-state index in [9.17, 15) is 34.4 Å². The Morgan fingerprint density at radius 2 is 1.31 bits per heavy atom. The molecule has 0 radical (unpaired) electrons. The Labute approximate surface area is 352 Å². The van der Waals surface area contributed by atoms with Crippen molar-refractivity contribution in [3.63, 3.8) is 0 Å². The van der Waals surface area contributed by atoms with Gasteiger partial charge in [0.2, 0.25) is 0 Å². The number of likely N-dealkylation sites (N-methyl/N-ethyl adjacent to an activating group) is 1. The van der Waals surface area contributed by atoms with E-state index < -0.39 is 50.8 Å². The van der Waals surface area contributed by atoms with Gasteiger partial charge in [-0.15, -0.1) is 0 Å². The first-order valence-electron chi connectivity index (χ1n) is 22.8. The first-order chi connectivity index (χ1) is 27.7. The molecule has 0 aliphatic heterocycles. The molecule has 1 aliphatic rings. The molecule has 58 heavy (non-hydrogen) atoms. The average molecular weight is 847 g/mol. The summed E-state index contributed by atoms with van der Waals surface area (Å²) in [6.07, 6.45) is 27.5. The predicted octanol–water partition coefficient (Wildman–Crippen LogP) is 9.12. The van der Waals surface area contributed by atoms with Crippen LogP contribution < -0.4 is 0 Å². The fraction of sp³-hybridized carbons (Fsp3) is 0.867. The molecular weight excluding hydrogens is 761 g/mol. The summed E-state index contributed by atoms with van der Waals surface area (Å²) in [5.74, 6) is -1.40. The molecule has 0 amide bonds. The van der Waals surface area contributed by atoms with Gasteiger partial charge in [-0.25, -0.2) is 4.57 Å². The smallest absolute Gasteiger partial charge is 0.462 e. The van der Waals surface area contributed by atoms with Crippen LogP contribution in [0.15, 0.2) is 24.3 Å². The zero-order valence-electron chi connectivity index (χ0n) is 37.1. The Bertz CT molecular complexity index is 1160. The molecule has 0 heterocycles. The van der Waals surface area contributed by atoms with Crippen LogP contribution in [0.2, 0.25) is 0 Å². The molecule has 0 aromatic heterocycles. The summed E-state index contributed by atoms with van der Waals surface area (Å²) in [4.78, 5) is 35.6. The van der Waals surface area contributed by atoms with Crippen molar-refractivity contribution in [3.8, 4) is 0 Å². The van der Waals surface area contributed by atoms with Crippen molar-refractivity contribution < 1.29 is 57.4 Å². The number of carbonyl (C=O) groups is 2. The summed E-state index contributed by atoms with van der Waals surface area (Å²) >= 11 is 0. The number of allylic oxidation sites excluding steroid dienone is 2. The molecule has 1 aliphatic carbocycles. The minimum Gasteiger partial charge on any atom is -0.462 e. The van der Waals surface area contributed by atoms with Crippen molar-refractivity contribution in [1.29, 1.82) is 0 Å². The Kier molecular flexibility index (Phi) is 31.0. The van der Waals surface area contributed by atoms with Gasteiger partial charge in [-0.2, -0.15) is 0 Å². The predicted molar refractivity (Wildman–Crippen MR) is 231 cm³/mol. The molecule has 340 valence electrons. The van der Waals surface area contributed by atoms with Gasteiger partial charge in [0.05, 0.1) is 46.1 Å². The van der Waals surface area contributed by atoms with Crippen LogP contribution in [0.1, 0.15) is 168 Å². The molecule has 1 rings (SSSR count). The van der Waals surface area contributed by atoms with Crippen LogP contribution >= 0.6 is 7.82 Å². The lowest BCUT2D eigenvalue weighted by atomic mass is 9.89. The molecule has 1 fully saturated rings. The fourth-order valence-corrected chi connectivity index (χ4v) is 7.87. The monoisotopic (exact) mass is 847 g/mol. The molecule has 1 saturated carbocycles. The summed E-state index contributed by atoms with van der Waals surface area (Å²) in [6, 6.07) is 0. The number of nitrogens with zero attached hydrogens (tertiary/aromatic N) is 1. The second kappa shape index (κ2) is 33.1. The number of ether oxygens (including phenoxy) is 2. The number of quaternary nitrogens is 1. The lowest BCUT2D eigenvalue weighted by Crippen LogP contribution is -2.37. The van der Waals surface area contributed by atoms with Gasteiger partial charge in [-0.3, -0.25) is 18.6 Å². The maximum atomic E-state index is 12.8. The second-order valence-electron chi connectivity index (χ2n) is 17.4. The minimum atomic E-state index is -4.44. The lowest BCUT2D eigenvalue weighted by molar-refractivity contribution is -0.870. The lowest BCUT2D eigenvalue weighted by Gasteiger charge is -2.24. The Morgan fingerprint density at radius 3 is 1.91 bits per heavy atom. The third-order valence-electron chi connectivity index (χ3n) is 10.8. The number of phosphoric acid groups is 1. The SMILES string of the molecule is CCCCCCCCCCCCCCCCC(=O)OC[C@H](COP(=O)(O)OCC[N+](C)(C)C)OC(=O)CCC/C=C/C[C@@H]1[C@@H](/C=C/[C@@H](O)CCCCC)[C@H](O)C[C@@H]1O. The number of aliphatic hydroxyl groups excluding tert-OH is 3. The van der Waals surface area contributed by atoms with E-state index >= 15 is 0 Å². The van der Waals surface area contributed by atoms with E-state index in [-0.39, 0.29) is 37.9 Å². The molecular formula is C45H85NO11P+. The molecule has 4 N–H and O–H groups in total. The van der Waals surface area contributed by atoms with Crippen LogP contribution in [0.3, 0.4) is 0 Å². The highest BCUT2D eigenvalue weighted by Crippen LogP contribution is 2.43. The van der Waals surface area contributed by atoms with Crippen LogP contribution in [-0.4, -0.2) is 109 Å². The number of esters is 2. The third-order valence-corrected chi connectivity index (χ3v) is 11.8. The maximum Gasteiger partial charge on any atom is 0.472 e. The molecule has 0 aromatic rings. The normalized spacial score (nSPS) is 20.8. The van der Waals surface area contributed by atoms with Gasteiger partial charge in [0, 0.05) is 25.2 Å². The molecule has 0 bridgehead atoms. The summed E-state index contributed by atoms with van der Waals surface area (Å²) < 4.78 is 34.3. The van der Waals surface area contributed by atoms with Crippen LogP contribution in [0, 0.1) is 11.8 Å².